The van der Waals surface area contributed by atoms with E-state index in [0.717, 1.165) is 31.2 Å². The van der Waals surface area contributed by atoms with Crippen LogP contribution in [0.5, 0.6) is 0 Å². The van der Waals surface area contributed by atoms with E-state index < -0.39 is 0 Å². The molecule has 5 nitrogen and oxygen atoms in total. The molecule has 0 radical (unpaired) electrons. The summed E-state index contributed by atoms with van der Waals surface area (Å²) in [5.74, 6) is 2.03. The molecular formula is C10H15N5. The van der Waals surface area contributed by atoms with Crippen molar-refractivity contribution in [2.75, 3.05) is 13.6 Å². The number of nitrogens with one attached hydrogen (secondary N) is 2. The van der Waals surface area contributed by atoms with Gasteiger partial charge < -0.3 is 9.97 Å². The van der Waals surface area contributed by atoms with Crippen molar-refractivity contribution in [1.82, 2.24) is 24.8 Å². The Morgan fingerprint density at radius 1 is 1.13 bits per heavy atom. The fourth-order valence-corrected chi connectivity index (χ4v) is 1.45. The van der Waals surface area contributed by atoms with Gasteiger partial charge in [-0.2, -0.15) is 0 Å². The van der Waals surface area contributed by atoms with Gasteiger partial charge in [-0.15, -0.1) is 0 Å². The molecule has 5 heteroatoms. The number of aromatic amines is 2. The lowest BCUT2D eigenvalue weighted by molar-refractivity contribution is 0.321. The van der Waals surface area contributed by atoms with Crippen LogP contribution in [0.25, 0.3) is 0 Å². The monoisotopic (exact) mass is 205 g/mol. The molecule has 0 fully saturated rings. The van der Waals surface area contributed by atoms with E-state index in [4.69, 9.17) is 0 Å². The quantitative estimate of drug-likeness (QED) is 0.759. The lowest BCUT2D eigenvalue weighted by Gasteiger charge is -2.13. The molecule has 0 unspecified atom stereocenters. The molecule has 2 aromatic rings. The molecule has 0 aromatic carbocycles. The molecule has 0 saturated heterocycles. The third-order valence-corrected chi connectivity index (χ3v) is 2.26. The minimum atomic E-state index is 0.841. The van der Waals surface area contributed by atoms with Crippen molar-refractivity contribution in [2.45, 2.75) is 13.0 Å². The molecule has 2 N–H and O–H groups in total. The van der Waals surface area contributed by atoms with E-state index in [0.29, 0.717) is 0 Å². The number of likely N-dealkylation sites (N-methyl/N-ethyl adjacent to an activating group) is 1. The lowest BCUT2D eigenvalue weighted by atomic mass is 10.3. The van der Waals surface area contributed by atoms with Crippen LogP contribution in [0.15, 0.2) is 24.8 Å². The number of hydrogen-bond donors (Lipinski definition) is 2. The number of hydrogen-bond acceptors (Lipinski definition) is 3. The maximum absolute atomic E-state index is 4.18. The predicted molar refractivity (Wildman–Crippen MR) is 57.2 cm³/mol. The average molecular weight is 205 g/mol. The van der Waals surface area contributed by atoms with Crippen LogP contribution in [0, 0.1) is 0 Å². The molecule has 2 heterocycles. The smallest absolute Gasteiger partial charge is 0.120 e. The van der Waals surface area contributed by atoms with E-state index in [2.05, 4.69) is 31.9 Å². The summed E-state index contributed by atoms with van der Waals surface area (Å²) in [5.41, 5.74) is 0. The highest BCUT2D eigenvalue weighted by Crippen LogP contribution is 1.97. The van der Waals surface area contributed by atoms with Gasteiger partial charge in [0, 0.05) is 37.8 Å². The second-order valence-corrected chi connectivity index (χ2v) is 3.56. The molecule has 2 rings (SSSR count). The third kappa shape index (κ3) is 2.92. The van der Waals surface area contributed by atoms with Crippen LogP contribution < -0.4 is 0 Å². The maximum atomic E-state index is 4.18. The van der Waals surface area contributed by atoms with Gasteiger partial charge in [-0.1, -0.05) is 0 Å². The summed E-state index contributed by atoms with van der Waals surface area (Å²) in [6.07, 6.45) is 8.18. The number of H-pyrrole nitrogens is 2. The first kappa shape index (κ1) is 9.92. The predicted octanol–water partition coefficient (Wildman–Crippen LogP) is 0.807. The second kappa shape index (κ2) is 4.75. The second-order valence-electron chi connectivity index (χ2n) is 3.56. The summed E-state index contributed by atoms with van der Waals surface area (Å²) < 4.78 is 0. The summed E-state index contributed by atoms with van der Waals surface area (Å²) in [6, 6.07) is 0. The largest absolute Gasteiger partial charge is 0.349 e. The Hall–Kier alpha value is -1.62. The first-order valence-corrected chi connectivity index (χ1v) is 4.99. The van der Waals surface area contributed by atoms with Gasteiger partial charge in [0.2, 0.25) is 0 Å². The van der Waals surface area contributed by atoms with Crippen molar-refractivity contribution in [3.05, 3.63) is 36.4 Å². The number of rotatable bonds is 5. The summed E-state index contributed by atoms with van der Waals surface area (Å²) in [5, 5.41) is 0. The molecule has 0 atom stereocenters. The van der Waals surface area contributed by atoms with E-state index >= 15 is 0 Å². The standard InChI is InChI=1S/C10H15N5/c1-15(8-10-13-5-6-14-10)7-2-9-11-3-4-12-9/h3-6H,2,7-8H2,1H3,(H,11,12)(H,13,14). The van der Waals surface area contributed by atoms with Crippen LogP contribution >= 0.6 is 0 Å². The SMILES string of the molecule is CN(CCc1ncc[nH]1)Cc1ncc[nH]1. The van der Waals surface area contributed by atoms with Gasteiger partial charge in [0.1, 0.15) is 11.6 Å². The van der Waals surface area contributed by atoms with Crippen LogP contribution in [-0.2, 0) is 13.0 Å². The fraction of sp³-hybridized carbons (Fsp3) is 0.400. The number of imidazole rings is 2. The van der Waals surface area contributed by atoms with Crippen LogP contribution in [0.3, 0.4) is 0 Å². The molecule has 80 valence electrons. The Balaban J connectivity index is 1.76. The minimum Gasteiger partial charge on any atom is -0.349 e. The molecule has 0 aliphatic rings. The Labute approximate surface area is 88.6 Å². The van der Waals surface area contributed by atoms with Crippen LogP contribution in [0.2, 0.25) is 0 Å². The van der Waals surface area contributed by atoms with Crippen molar-refractivity contribution in [3.63, 3.8) is 0 Å². The van der Waals surface area contributed by atoms with Crippen molar-refractivity contribution in [2.24, 2.45) is 0 Å². The fourth-order valence-electron chi connectivity index (χ4n) is 1.45. The molecule has 0 aliphatic heterocycles. The Bertz CT molecular complexity index is 364. The third-order valence-electron chi connectivity index (χ3n) is 2.26. The summed E-state index contributed by atoms with van der Waals surface area (Å²) in [6.45, 7) is 1.81. The Kier molecular flexibility index (Phi) is 3.14. The highest BCUT2D eigenvalue weighted by Gasteiger charge is 2.03. The summed E-state index contributed by atoms with van der Waals surface area (Å²) >= 11 is 0. The minimum absolute atomic E-state index is 0.841. The van der Waals surface area contributed by atoms with Crippen LogP contribution in [0.4, 0.5) is 0 Å². The van der Waals surface area contributed by atoms with Gasteiger partial charge >= 0.3 is 0 Å². The molecule has 0 saturated carbocycles. The highest BCUT2D eigenvalue weighted by atomic mass is 15.1. The molecule has 2 aromatic heterocycles. The molecule has 0 amide bonds. The normalized spacial score (nSPS) is 11.1. The Morgan fingerprint density at radius 2 is 1.80 bits per heavy atom. The van der Waals surface area contributed by atoms with Gasteiger partial charge in [0.15, 0.2) is 0 Å². The van der Waals surface area contributed by atoms with Crippen LogP contribution in [0.1, 0.15) is 11.6 Å². The first-order valence-electron chi connectivity index (χ1n) is 4.99. The molecule has 0 bridgehead atoms. The van der Waals surface area contributed by atoms with Crippen molar-refractivity contribution in [1.29, 1.82) is 0 Å². The van der Waals surface area contributed by atoms with Gasteiger partial charge in [0.05, 0.1) is 6.54 Å². The zero-order chi connectivity index (χ0) is 10.5. The van der Waals surface area contributed by atoms with Gasteiger partial charge in [0.25, 0.3) is 0 Å². The average Bonchev–Trinajstić information content (AvgIpc) is 2.86. The molecule has 0 aliphatic carbocycles. The summed E-state index contributed by atoms with van der Waals surface area (Å²) in [4.78, 5) is 16.7. The summed E-state index contributed by atoms with van der Waals surface area (Å²) in [7, 11) is 2.07. The lowest BCUT2D eigenvalue weighted by Crippen LogP contribution is -2.21. The van der Waals surface area contributed by atoms with Crippen molar-refractivity contribution in [3.8, 4) is 0 Å². The van der Waals surface area contributed by atoms with Crippen molar-refractivity contribution < 1.29 is 0 Å². The number of nitrogens with zero attached hydrogens (tertiary/aromatic N) is 3. The zero-order valence-electron chi connectivity index (χ0n) is 8.77. The van der Waals surface area contributed by atoms with E-state index in [1.807, 2.05) is 12.4 Å². The van der Waals surface area contributed by atoms with Gasteiger partial charge in [-0.05, 0) is 7.05 Å². The molecule has 0 spiro atoms. The molecular weight excluding hydrogens is 190 g/mol. The first-order chi connectivity index (χ1) is 7.34. The van der Waals surface area contributed by atoms with E-state index in [1.54, 1.807) is 12.4 Å². The number of aromatic nitrogens is 4. The van der Waals surface area contributed by atoms with E-state index in [9.17, 15) is 0 Å². The Morgan fingerprint density at radius 3 is 2.40 bits per heavy atom. The zero-order valence-corrected chi connectivity index (χ0v) is 8.77. The van der Waals surface area contributed by atoms with E-state index in [1.165, 1.54) is 0 Å². The molecule has 15 heavy (non-hydrogen) atoms. The van der Waals surface area contributed by atoms with Crippen molar-refractivity contribution >= 4 is 0 Å². The van der Waals surface area contributed by atoms with Gasteiger partial charge in [-0.25, -0.2) is 9.97 Å². The highest BCUT2D eigenvalue weighted by molar-refractivity contribution is 4.89. The topological polar surface area (TPSA) is 60.6 Å². The van der Waals surface area contributed by atoms with Gasteiger partial charge in [-0.3, -0.25) is 4.90 Å². The van der Waals surface area contributed by atoms with Crippen LogP contribution in [-0.4, -0.2) is 38.4 Å². The maximum Gasteiger partial charge on any atom is 0.120 e. The van der Waals surface area contributed by atoms with E-state index in [-0.39, 0.29) is 0 Å².